The van der Waals surface area contributed by atoms with E-state index in [0.717, 1.165) is 11.1 Å². The van der Waals surface area contributed by atoms with Gasteiger partial charge in [-0.15, -0.1) is 0 Å². The third-order valence-corrected chi connectivity index (χ3v) is 15.0. The van der Waals surface area contributed by atoms with Gasteiger partial charge >= 0.3 is 12.1 Å². The van der Waals surface area contributed by atoms with Gasteiger partial charge in [-0.1, -0.05) is 52.1 Å². The van der Waals surface area contributed by atoms with Crippen LogP contribution in [0.25, 0.3) is 0 Å². The SMILES string of the molecule is C=CCOC(=O)N1[C@H](CO)Cc2cc(C)c(OC)c(OCC=C)c2[C@@H]1[C@H](CO[Si](C)(C)C(C)(C)C)N[C@@H](C(=O)OCC)c1cc(OCOC)c(C)c2c1OCO2. The Kier molecular flexibility index (Phi) is 15.3. The molecule has 2 heterocycles. The van der Waals surface area contributed by atoms with Gasteiger partial charge < -0.3 is 47.4 Å². The molecule has 310 valence electrons. The highest BCUT2D eigenvalue weighted by Crippen LogP contribution is 2.50. The Hall–Kier alpha value is -4.28. The number of amides is 1. The number of rotatable bonds is 19. The molecule has 0 radical (unpaired) electrons. The summed E-state index contributed by atoms with van der Waals surface area (Å²) in [5, 5.41) is 14.3. The molecule has 56 heavy (non-hydrogen) atoms. The molecule has 0 saturated carbocycles. The maximum Gasteiger partial charge on any atom is 0.410 e. The summed E-state index contributed by atoms with van der Waals surface area (Å²) in [5.41, 5.74) is 3.25. The Balaban J connectivity index is 2.08. The summed E-state index contributed by atoms with van der Waals surface area (Å²) < 4.78 is 53.8. The van der Waals surface area contributed by atoms with E-state index in [1.807, 2.05) is 19.9 Å². The van der Waals surface area contributed by atoms with Crippen molar-refractivity contribution in [3.63, 3.8) is 0 Å². The number of carbonyl (C=O) groups is 2. The minimum atomic E-state index is -2.50. The molecular formula is C41H60N2O12Si. The summed E-state index contributed by atoms with van der Waals surface area (Å²) in [6.45, 7) is 23.3. The van der Waals surface area contributed by atoms with E-state index in [1.165, 1.54) is 18.1 Å². The van der Waals surface area contributed by atoms with E-state index in [4.69, 9.17) is 42.3 Å². The number of carbonyl (C=O) groups excluding carboxylic acids is 2. The number of aliphatic hydroxyl groups excluding tert-OH is 1. The Morgan fingerprint density at radius 2 is 1.75 bits per heavy atom. The Morgan fingerprint density at radius 1 is 1.05 bits per heavy atom. The monoisotopic (exact) mass is 800 g/mol. The van der Waals surface area contributed by atoms with E-state index >= 15 is 0 Å². The van der Waals surface area contributed by atoms with Gasteiger partial charge in [0.25, 0.3) is 0 Å². The Bertz CT molecular complexity index is 1730. The molecule has 2 aliphatic heterocycles. The standard InChI is InChI=1S/C41H60N2O12Si/c1-13-16-50-38-32-27(18-25(4)35(38)48-10)19-28(21-44)43(40(46)51-17-14-2)34(32)30(22-55-56(11,12)41(6,7)8)42-33(39(45)49-15-3)29-20-31(52-23-47-9)26(5)36-37(29)54-24-53-36/h13-14,18,20,28,30,33-34,42,44H,1-2,15-17,19,21-24H2,3-12H3/t28-,30-,33+,34-/m0/s1. The number of aliphatic hydroxyl groups is 1. The lowest BCUT2D eigenvalue weighted by Gasteiger charge is -2.47. The number of hydrogen-bond acceptors (Lipinski definition) is 13. The summed E-state index contributed by atoms with van der Waals surface area (Å²) in [5.74, 6) is 1.40. The number of esters is 1. The van der Waals surface area contributed by atoms with E-state index in [2.05, 4.69) is 52.3 Å². The van der Waals surface area contributed by atoms with Gasteiger partial charge in [-0.2, -0.15) is 0 Å². The van der Waals surface area contributed by atoms with Crippen molar-refractivity contribution < 1.29 is 57.0 Å². The first kappa shape index (κ1) is 44.4. The molecule has 1 amide bonds. The third kappa shape index (κ3) is 9.45. The van der Waals surface area contributed by atoms with Crippen LogP contribution in [-0.2, 0) is 29.9 Å². The summed E-state index contributed by atoms with van der Waals surface area (Å²) in [4.78, 5) is 30.1. The van der Waals surface area contributed by atoms with Crippen LogP contribution in [0.15, 0.2) is 37.4 Å². The second-order valence-electron chi connectivity index (χ2n) is 15.2. The molecule has 0 spiro atoms. The lowest BCUT2D eigenvalue weighted by atomic mass is 9.82. The van der Waals surface area contributed by atoms with Gasteiger partial charge in [0, 0.05) is 23.8 Å². The number of ether oxygens (including phenoxy) is 8. The largest absolute Gasteiger partial charge is 0.493 e. The first-order valence-corrected chi connectivity index (χ1v) is 21.7. The average molecular weight is 801 g/mol. The van der Waals surface area contributed by atoms with Gasteiger partial charge in [0.15, 0.2) is 38.1 Å². The van der Waals surface area contributed by atoms with Gasteiger partial charge in [0.05, 0.1) is 45.1 Å². The molecule has 2 N–H and O–H groups in total. The highest BCUT2D eigenvalue weighted by atomic mass is 28.4. The fourth-order valence-electron chi connectivity index (χ4n) is 6.77. The molecule has 15 heteroatoms. The van der Waals surface area contributed by atoms with Crippen molar-refractivity contribution in [2.24, 2.45) is 0 Å². The maximum atomic E-state index is 14.3. The fourth-order valence-corrected chi connectivity index (χ4v) is 7.80. The number of nitrogens with zero attached hydrogens (tertiary/aromatic N) is 1. The lowest BCUT2D eigenvalue weighted by Crippen LogP contribution is -2.58. The van der Waals surface area contributed by atoms with Crippen LogP contribution in [0, 0.1) is 13.8 Å². The van der Waals surface area contributed by atoms with Gasteiger partial charge in [-0.25, -0.2) is 9.59 Å². The van der Waals surface area contributed by atoms with Crippen molar-refractivity contribution in [2.45, 2.75) is 90.3 Å². The van der Waals surface area contributed by atoms with Crippen LogP contribution in [0.2, 0.25) is 18.1 Å². The lowest BCUT2D eigenvalue weighted by molar-refractivity contribution is -0.146. The van der Waals surface area contributed by atoms with Crippen LogP contribution in [0.3, 0.4) is 0 Å². The topological polar surface area (TPSA) is 153 Å². The smallest absolute Gasteiger partial charge is 0.410 e. The van der Waals surface area contributed by atoms with Gasteiger partial charge in [-0.3, -0.25) is 10.2 Å². The molecule has 14 nitrogen and oxygen atoms in total. The molecule has 0 aromatic heterocycles. The van der Waals surface area contributed by atoms with Crippen molar-refractivity contribution in [3.8, 4) is 28.7 Å². The van der Waals surface area contributed by atoms with Crippen LogP contribution in [0.1, 0.15) is 67.6 Å². The van der Waals surface area contributed by atoms with Crippen molar-refractivity contribution in [1.29, 1.82) is 0 Å². The molecular weight excluding hydrogens is 741 g/mol. The molecule has 0 saturated heterocycles. The van der Waals surface area contributed by atoms with Crippen LogP contribution in [-0.4, -0.2) is 103 Å². The number of fused-ring (bicyclic) bond motifs is 2. The number of aryl methyl sites for hydroxylation is 1. The predicted octanol–water partition coefficient (Wildman–Crippen LogP) is 6.46. The van der Waals surface area contributed by atoms with Gasteiger partial charge in [0.2, 0.25) is 6.79 Å². The first-order chi connectivity index (χ1) is 26.6. The van der Waals surface area contributed by atoms with E-state index in [9.17, 15) is 14.7 Å². The highest BCUT2D eigenvalue weighted by Gasteiger charge is 2.48. The fraction of sp³-hybridized carbons (Fsp3) is 0.561. The van der Waals surface area contributed by atoms with Crippen molar-refractivity contribution >= 4 is 20.4 Å². The molecule has 0 aliphatic carbocycles. The third-order valence-electron chi connectivity index (χ3n) is 10.5. The van der Waals surface area contributed by atoms with Gasteiger partial charge in [0.1, 0.15) is 25.0 Å². The summed E-state index contributed by atoms with van der Waals surface area (Å²) >= 11 is 0. The molecule has 0 unspecified atom stereocenters. The average Bonchev–Trinajstić information content (AvgIpc) is 3.66. The predicted molar refractivity (Wildman–Crippen MR) is 213 cm³/mol. The van der Waals surface area contributed by atoms with Crippen molar-refractivity contribution in [3.05, 3.63) is 65.3 Å². The normalized spacial score (nSPS) is 17.4. The second kappa shape index (κ2) is 19.2. The molecule has 2 aromatic carbocycles. The van der Waals surface area contributed by atoms with Gasteiger partial charge in [-0.05, 0) is 62.5 Å². The van der Waals surface area contributed by atoms with Crippen LogP contribution >= 0.6 is 0 Å². The van der Waals surface area contributed by atoms with Crippen LogP contribution in [0.4, 0.5) is 4.79 Å². The molecule has 4 rings (SSSR count). The zero-order chi connectivity index (χ0) is 41.4. The summed E-state index contributed by atoms with van der Waals surface area (Å²) in [6, 6.07) is -0.124. The molecule has 2 aliphatic rings. The summed E-state index contributed by atoms with van der Waals surface area (Å²) in [6.07, 6.45) is 2.66. The van der Waals surface area contributed by atoms with E-state index in [-0.39, 0.29) is 58.1 Å². The van der Waals surface area contributed by atoms with E-state index < -0.39 is 44.5 Å². The first-order valence-electron chi connectivity index (χ1n) is 18.8. The molecule has 2 aromatic rings. The number of methoxy groups -OCH3 is 2. The van der Waals surface area contributed by atoms with Crippen molar-refractivity contribution in [2.75, 3.05) is 60.8 Å². The minimum absolute atomic E-state index is 0.00935. The Morgan fingerprint density at radius 3 is 2.36 bits per heavy atom. The van der Waals surface area contributed by atoms with E-state index in [0.29, 0.717) is 45.4 Å². The maximum absolute atomic E-state index is 14.3. The second-order valence-corrected chi connectivity index (χ2v) is 20.0. The quantitative estimate of drug-likeness (QED) is 0.0693. The molecule has 4 atom stereocenters. The van der Waals surface area contributed by atoms with E-state index in [1.54, 1.807) is 26.2 Å². The van der Waals surface area contributed by atoms with Crippen LogP contribution < -0.4 is 29.0 Å². The Labute approximate surface area is 332 Å². The zero-order valence-corrected chi connectivity index (χ0v) is 35.6. The number of nitrogens with one attached hydrogen (secondary N) is 1. The molecule has 0 fully saturated rings. The number of benzene rings is 2. The van der Waals surface area contributed by atoms with Crippen LogP contribution in [0.5, 0.6) is 28.7 Å². The zero-order valence-electron chi connectivity index (χ0n) is 34.6. The van der Waals surface area contributed by atoms with Crippen molar-refractivity contribution in [1.82, 2.24) is 10.2 Å². The molecule has 0 bridgehead atoms. The number of hydrogen-bond donors (Lipinski definition) is 2. The minimum Gasteiger partial charge on any atom is -0.493 e. The highest BCUT2D eigenvalue weighted by molar-refractivity contribution is 6.74. The summed E-state index contributed by atoms with van der Waals surface area (Å²) in [7, 11) is 0.560.